The summed E-state index contributed by atoms with van der Waals surface area (Å²) in [6.45, 7) is 8.45. The van der Waals surface area contributed by atoms with E-state index in [1.165, 1.54) is 11.8 Å². The van der Waals surface area contributed by atoms with Crippen molar-refractivity contribution in [2.24, 2.45) is 0 Å². The summed E-state index contributed by atoms with van der Waals surface area (Å²) in [5, 5.41) is 20.4. The Bertz CT molecular complexity index is 325. The van der Waals surface area contributed by atoms with Crippen molar-refractivity contribution >= 4 is 23.8 Å². The lowest BCUT2D eigenvalue weighted by atomic mass is 10.0. The number of ether oxygens (including phenoxy) is 1. The molecule has 19 heavy (non-hydrogen) atoms. The Balaban J connectivity index is 4.75. The zero-order chi connectivity index (χ0) is 15.3. The normalized spacial score (nSPS) is 13.8. The number of aliphatic hydroxyl groups excluding tert-OH is 1. The Hall–Kier alpha value is -0.950. The third kappa shape index (κ3) is 7.27. The first-order valence-corrected chi connectivity index (χ1v) is 6.95. The second kappa shape index (κ2) is 7.00. The number of carbonyl (C=O) groups excluding carboxylic acids is 1. The lowest BCUT2D eigenvalue weighted by Crippen LogP contribution is -2.53. The molecule has 0 aromatic rings. The molecule has 0 aliphatic rings. The fraction of sp³-hybridized carbons (Fsp3) is 0.833. The van der Waals surface area contributed by atoms with Gasteiger partial charge >= 0.3 is 12.1 Å². The van der Waals surface area contributed by atoms with Gasteiger partial charge in [-0.25, -0.2) is 9.59 Å². The van der Waals surface area contributed by atoms with Crippen molar-refractivity contribution in [3.05, 3.63) is 0 Å². The average Bonchev–Trinajstić information content (AvgIpc) is 2.20. The molecule has 0 aromatic carbocycles. The number of carbonyl (C=O) groups is 2. The van der Waals surface area contributed by atoms with E-state index in [0.717, 1.165) is 0 Å². The second-order valence-corrected chi connectivity index (χ2v) is 7.34. The van der Waals surface area contributed by atoms with Crippen LogP contribution in [0.4, 0.5) is 4.79 Å². The van der Waals surface area contributed by atoms with Gasteiger partial charge in [-0.2, -0.15) is 11.8 Å². The van der Waals surface area contributed by atoms with Gasteiger partial charge in [-0.3, -0.25) is 0 Å². The van der Waals surface area contributed by atoms with Gasteiger partial charge in [-0.15, -0.1) is 0 Å². The number of aliphatic carboxylic acids is 1. The van der Waals surface area contributed by atoms with E-state index in [9.17, 15) is 14.7 Å². The van der Waals surface area contributed by atoms with Gasteiger partial charge in [0, 0.05) is 10.5 Å². The minimum absolute atomic E-state index is 0.0487. The summed E-state index contributed by atoms with van der Waals surface area (Å²) in [4.78, 5) is 22.9. The standard InChI is InChI=1S/C12H23NO5S/c1-11(2,3)18-10(17)13-8(9(15)16)12(4,5)19-7-6-14/h8,14H,6-7H2,1-5H3,(H,13,17)(H,15,16)/t8-/m0/s1. The molecule has 0 aliphatic heterocycles. The molecule has 0 aromatic heterocycles. The van der Waals surface area contributed by atoms with Crippen molar-refractivity contribution in [3.63, 3.8) is 0 Å². The smallest absolute Gasteiger partial charge is 0.408 e. The molecule has 1 amide bonds. The second-order valence-electron chi connectivity index (χ2n) is 5.59. The minimum atomic E-state index is -1.14. The van der Waals surface area contributed by atoms with Crippen molar-refractivity contribution in [1.82, 2.24) is 5.32 Å². The molecule has 0 spiro atoms. The van der Waals surface area contributed by atoms with E-state index in [1.807, 2.05) is 0 Å². The fourth-order valence-electron chi connectivity index (χ4n) is 1.35. The van der Waals surface area contributed by atoms with Crippen molar-refractivity contribution in [3.8, 4) is 0 Å². The largest absolute Gasteiger partial charge is 0.480 e. The van der Waals surface area contributed by atoms with Crippen LogP contribution in [0, 0.1) is 0 Å². The summed E-state index contributed by atoms with van der Waals surface area (Å²) in [7, 11) is 0. The van der Waals surface area contributed by atoms with E-state index < -0.39 is 28.5 Å². The van der Waals surface area contributed by atoms with Crippen LogP contribution in [-0.2, 0) is 9.53 Å². The molecule has 1 atom stereocenters. The highest BCUT2D eigenvalue weighted by Crippen LogP contribution is 2.28. The Morgan fingerprint density at radius 2 is 1.79 bits per heavy atom. The van der Waals surface area contributed by atoms with Gasteiger partial charge in [0.1, 0.15) is 11.6 Å². The summed E-state index contributed by atoms with van der Waals surface area (Å²) in [6, 6.07) is -1.10. The first-order chi connectivity index (χ1) is 8.49. The number of thioether (sulfide) groups is 1. The van der Waals surface area contributed by atoms with Crippen LogP contribution >= 0.6 is 11.8 Å². The highest BCUT2D eigenvalue weighted by molar-refractivity contribution is 8.00. The molecular formula is C12H23NO5S. The highest BCUT2D eigenvalue weighted by atomic mass is 32.2. The van der Waals surface area contributed by atoms with Crippen molar-refractivity contribution in [2.45, 2.75) is 51.0 Å². The predicted molar refractivity (Wildman–Crippen MR) is 74.4 cm³/mol. The van der Waals surface area contributed by atoms with Crippen LogP contribution in [0.5, 0.6) is 0 Å². The first-order valence-electron chi connectivity index (χ1n) is 5.97. The van der Waals surface area contributed by atoms with E-state index in [-0.39, 0.29) is 6.61 Å². The van der Waals surface area contributed by atoms with Crippen LogP contribution in [-0.4, -0.2) is 51.0 Å². The number of amides is 1. The van der Waals surface area contributed by atoms with Crippen LogP contribution in [0.2, 0.25) is 0 Å². The van der Waals surface area contributed by atoms with Crippen LogP contribution in [0.15, 0.2) is 0 Å². The Labute approximate surface area is 117 Å². The maximum Gasteiger partial charge on any atom is 0.408 e. The molecule has 0 heterocycles. The molecule has 6 nitrogen and oxygen atoms in total. The molecule has 0 saturated carbocycles. The van der Waals surface area contributed by atoms with Crippen LogP contribution < -0.4 is 5.32 Å². The molecule has 0 radical (unpaired) electrons. The lowest BCUT2D eigenvalue weighted by molar-refractivity contribution is -0.140. The Kier molecular flexibility index (Phi) is 6.65. The third-order valence-corrected chi connectivity index (χ3v) is 3.53. The molecule has 0 unspecified atom stereocenters. The average molecular weight is 293 g/mol. The molecule has 0 fully saturated rings. The maximum atomic E-state index is 11.6. The van der Waals surface area contributed by atoms with Crippen molar-refractivity contribution in [1.29, 1.82) is 0 Å². The molecule has 0 saturated heterocycles. The molecule has 0 bridgehead atoms. The molecule has 0 rings (SSSR count). The van der Waals surface area contributed by atoms with Gasteiger partial charge < -0.3 is 20.3 Å². The van der Waals surface area contributed by atoms with Gasteiger partial charge in [0.25, 0.3) is 0 Å². The number of hydrogen-bond acceptors (Lipinski definition) is 5. The minimum Gasteiger partial charge on any atom is -0.480 e. The monoisotopic (exact) mass is 293 g/mol. The van der Waals surface area contributed by atoms with Gasteiger partial charge in [0.05, 0.1) is 6.61 Å². The number of hydrogen-bond donors (Lipinski definition) is 3. The summed E-state index contributed by atoms with van der Waals surface area (Å²) < 4.78 is 4.29. The van der Waals surface area contributed by atoms with Crippen LogP contribution in [0.1, 0.15) is 34.6 Å². The van der Waals surface area contributed by atoms with Gasteiger partial charge in [0.2, 0.25) is 0 Å². The summed E-state index contributed by atoms with van der Waals surface area (Å²) in [6.07, 6.45) is -0.766. The number of carboxylic acid groups (broad SMARTS) is 1. The van der Waals surface area contributed by atoms with E-state index in [0.29, 0.717) is 5.75 Å². The number of aliphatic hydroxyl groups is 1. The highest BCUT2D eigenvalue weighted by Gasteiger charge is 2.37. The molecule has 7 heteroatoms. The SMILES string of the molecule is CC(C)(C)OC(=O)N[C@@H](C(=O)O)C(C)(C)SCCO. The predicted octanol–water partition coefficient (Wildman–Crippen LogP) is 1.47. The number of carboxylic acids is 1. The van der Waals surface area contributed by atoms with E-state index in [2.05, 4.69) is 5.32 Å². The molecular weight excluding hydrogens is 270 g/mol. The third-order valence-electron chi connectivity index (χ3n) is 2.17. The van der Waals surface area contributed by atoms with Crippen LogP contribution in [0.25, 0.3) is 0 Å². The maximum absolute atomic E-state index is 11.6. The fourth-order valence-corrected chi connectivity index (χ4v) is 2.29. The lowest BCUT2D eigenvalue weighted by Gasteiger charge is -2.32. The van der Waals surface area contributed by atoms with Gasteiger partial charge in [0.15, 0.2) is 0 Å². The number of rotatable bonds is 6. The van der Waals surface area contributed by atoms with Crippen LogP contribution in [0.3, 0.4) is 0 Å². The molecule has 3 N–H and O–H groups in total. The quantitative estimate of drug-likeness (QED) is 0.686. The molecule has 112 valence electrons. The van der Waals surface area contributed by atoms with E-state index in [1.54, 1.807) is 34.6 Å². The number of nitrogens with one attached hydrogen (secondary N) is 1. The van der Waals surface area contributed by atoms with E-state index in [4.69, 9.17) is 9.84 Å². The Morgan fingerprint density at radius 1 is 1.26 bits per heavy atom. The number of alkyl carbamates (subject to hydrolysis) is 1. The summed E-state index contributed by atoms with van der Waals surface area (Å²) in [5.41, 5.74) is -0.685. The topological polar surface area (TPSA) is 95.9 Å². The van der Waals surface area contributed by atoms with Gasteiger partial charge in [-0.1, -0.05) is 0 Å². The zero-order valence-electron chi connectivity index (χ0n) is 12.0. The van der Waals surface area contributed by atoms with Crippen molar-refractivity contribution in [2.75, 3.05) is 12.4 Å². The summed E-state index contributed by atoms with van der Waals surface area (Å²) in [5.74, 6) is -0.742. The summed E-state index contributed by atoms with van der Waals surface area (Å²) >= 11 is 1.27. The first kappa shape index (κ1) is 18.0. The van der Waals surface area contributed by atoms with Crippen molar-refractivity contribution < 1.29 is 24.5 Å². The van der Waals surface area contributed by atoms with E-state index >= 15 is 0 Å². The Morgan fingerprint density at radius 3 is 2.16 bits per heavy atom. The van der Waals surface area contributed by atoms with Gasteiger partial charge in [-0.05, 0) is 34.6 Å². The zero-order valence-corrected chi connectivity index (χ0v) is 12.8. The molecule has 0 aliphatic carbocycles.